The molecule has 0 saturated heterocycles. The molecule has 0 rings (SSSR count). The van der Waals surface area contributed by atoms with Gasteiger partial charge in [-0.25, -0.2) is 0 Å². The lowest BCUT2D eigenvalue weighted by Gasteiger charge is -2.15. The Labute approximate surface area is 82.0 Å². The van der Waals surface area contributed by atoms with E-state index >= 15 is 0 Å². The van der Waals surface area contributed by atoms with E-state index in [9.17, 15) is 4.89 Å². The summed E-state index contributed by atoms with van der Waals surface area (Å²) in [6, 6.07) is 0. The second kappa shape index (κ2) is 5.92. The summed E-state index contributed by atoms with van der Waals surface area (Å²) < 4.78 is 10.6. The molecule has 0 fully saturated rings. The Morgan fingerprint density at radius 3 is 1.54 bits per heavy atom. The third-order valence-electron chi connectivity index (χ3n) is 1.29. The first kappa shape index (κ1) is 13.3. The van der Waals surface area contributed by atoms with Crippen molar-refractivity contribution in [2.75, 3.05) is 19.9 Å². The van der Waals surface area contributed by atoms with Gasteiger partial charge in [-0.3, -0.25) is 0 Å². The normalized spacial score (nSPS) is 12.9. The van der Waals surface area contributed by atoms with E-state index in [0.717, 1.165) is 0 Å². The van der Waals surface area contributed by atoms with Crippen LogP contribution in [0.25, 0.3) is 0 Å². The lowest BCUT2D eigenvalue weighted by atomic mass is 10.2. The van der Waals surface area contributed by atoms with Crippen LogP contribution in [0.5, 0.6) is 0 Å². The minimum absolute atomic E-state index is 0.425. The molecule has 13 heavy (non-hydrogen) atoms. The van der Waals surface area contributed by atoms with Crippen LogP contribution in [-0.4, -0.2) is 24.8 Å². The first-order valence-corrected chi connectivity index (χ1v) is 6.74. The maximum atomic E-state index is 9.68. The molecule has 0 heterocycles. The predicted octanol–water partition coefficient (Wildman–Crippen LogP) is 2.72. The summed E-state index contributed by atoms with van der Waals surface area (Å²) in [6.07, 6.45) is 0. The number of hydrogen-bond acceptors (Lipinski definition) is 3. The van der Waals surface area contributed by atoms with E-state index in [2.05, 4.69) is 0 Å². The highest BCUT2D eigenvalue weighted by molar-refractivity contribution is 7.59. The molecule has 4 heteroatoms. The minimum atomic E-state index is -2.55. The molecule has 0 radical (unpaired) electrons. The van der Waals surface area contributed by atoms with Gasteiger partial charge >= 0.3 is 7.94 Å². The van der Waals surface area contributed by atoms with E-state index in [4.69, 9.17) is 9.05 Å². The smallest absolute Gasteiger partial charge is 0.193 e. The van der Waals surface area contributed by atoms with Crippen molar-refractivity contribution in [2.24, 2.45) is 11.8 Å². The van der Waals surface area contributed by atoms with Crippen molar-refractivity contribution in [3.8, 4) is 0 Å². The molecule has 0 aliphatic heterocycles. The average molecular weight is 209 g/mol. The first-order chi connectivity index (χ1) is 5.83. The van der Waals surface area contributed by atoms with Crippen molar-refractivity contribution in [1.29, 1.82) is 0 Å². The SMILES string of the molecule is CC(C)CO[P+](C)(O)OCC(C)C. The molecule has 3 nitrogen and oxygen atoms in total. The first-order valence-electron chi connectivity index (χ1n) is 4.72. The van der Waals surface area contributed by atoms with Crippen LogP contribution in [0.3, 0.4) is 0 Å². The van der Waals surface area contributed by atoms with E-state index in [1.807, 2.05) is 27.7 Å². The zero-order valence-electron chi connectivity index (χ0n) is 9.28. The Bertz CT molecular complexity index is 121. The largest absolute Gasteiger partial charge is 0.405 e. The van der Waals surface area contributed by atoms with Crippen LogP contribution in [0.4, 0.5) is 0 Å². The fraction of sp³-hybridized carbons (Fsp3) is 1.00. The van der Waals surface area contributed by atoms with Crippen LogP contribution < -0.4 is 0 Å². The molecule has 80 valence electrons. The van der Waals surface area contributed by atoms with Crippen LogP contribution in [-0.2, 0) is 9.05 Å². The van der Waals surface area contributed by atoms with Gasteiger partial charge in [0.15, 0.2) is 0 Å². The summed E-state index contributed by atoms with van der Waals surface area (Å²) in [5.74, 6) is 0.850. The van der Waals surface area contributed by atoms with Crippen molar-refractivity contribution in [2.45, 2.75) is 27.7 Å². The molecule has 0 aliphatic rings. The average Bonchev–Trinajstić information content (AvgIpc) is 1.98. The Hall–Kier alpha value is 0.310. The highest BCUT2D eigenvalue weighted by Crippen LogP contribution is 2.53. The summed E-state index contributed by atoms with van der Waals surface area (Å²) in [5.41, 5.74) is 0. The van der Waals surface area contributed by atoms with Crippen LogP contribution in [0, 0.1) is 11.8 Å². The maximum Gasteiger partial charge on any atom is 0.405 e. The lowest BCUT2D eigenvalue weighted by Crippen LogP contribution is -2.09. The predicted molar refractivity (Wildman–Crippen MR) is 56.6 cm³/mol. The third kappa shape index (κ3) is 8.63. The quantitative estimate of drug-likeness (QED) is 0.683. The van der Waals surface area contributed by atoms with Gasteiger partial charge in [-0.05, 0) is 11.8 Å². The molecule has 0 atom stereocenters. The van der Waals surface area contributed by atoms with Crippen molar-refractivity contribution in [3.63, 3.8) is 0 Å². The Kier molecular flexibility index (Phi) is 6.06. The summed E-state index contributed by atoms with van der Waals surface area (Å²) in [7, 11) is -2.55. The topological polar surface area (TPSA) is 38.7 Å². The molecule has 0 aromatic rings. The van der Waals surface area contributed by atoms with Crippen LogP contribution >= 0.6 is 7.94 Å². The molecule has 0 aromatic carbocycles. The fourth-order valence-electron chi connectivity index (χ4n) is 0.612. The van der Waals surface area contributed by atoms with Gasteiger partial charge in [-0.15, -0.1) is 0 Å². The molecular weight excluding hydrogens is 187 g/mol. The van der Waals surface area contributed by atoms with E-state index in [1.54, 1.807) is 6.66 Å². The maximum absolute atomic E-state index is 9.68. The van der Waals surface area contributed by atoms with Crippen LogP contribution in [0.2, 0.25) is 0 Å². The standard InChI is InChI=1S/C9H22O3P/c1-8(2)6-11-13(5,10)12-7-9(3)4/h8-10H,6-7H2,1-5H3/q+1. The molecule has 0 unspecified atom stereocenters. The highest BCUT2D eigenvalue weighted by atomic mass is 31.2. The zero-order valence-corrected chi connectivity index (χ0v) is 10.2. The molecule has 0 aromatic heterocycles. The van der Waals surface area contributed by atoms with Crippen LogP contribution in [0.1, 0.15) is 27.7 Å². The Morgan fingerprint density at radius 2 is 1.31 bits per heavy atom. The highest BCUT2D eigenvalue weighted by Gasteiger charge is 2.33. The Morgan fingerprint density at radius 1 is 1.00 bits per heavy atom. The monoisotopic (exact) mass is 209 g/mol. The summed E-state index contributed by atoms with van der Waals surface area (Å²) >= 11 is 0. The van der Waals surface area contributed by atoms with Gasteiger partial charge in [0.05, 0.1) is 13.2 Å². The lowest BCUT2D eigenvalue weighted by molar-refractivity contribution is 0.152. The van der Waals surface area contributed by atoms with Crippen molar-refractivity contribution >= 4 is 7.94 Å². The van der Waals surface area contributed by atoms with Gasteiger partial charge in [0.2, 0.25) is 0 Å². The summed E-state index contributed by atoms with van der Waals surface area (Å²) in [5, 5.41) is 0. The molecule has 1 N–H and O–H groups in total. The zero-order chi connectivity index (χ0) is 10.5. The molecule has 0 aliphatic carbocycles. The van der Waals surface area contributed by atoms with E-state index in [-0.39, 0.29) is 0 Å². The van der Waals surface area contributed by atoms with Crippen molar-refractivity contribution < 1.29 is 13.9 Å². The number of rotatable bonds is 6. The van der Waals surface area contributed by atoms with Crippen molar-refractivity contribution in [3.05, 3.63) is 0 Å². The third-order valence-corrected chi connectivity index (χ3v) is 2.55. The van der Waals surface area contributed by atoms with Gasteiger partial charge in [0.1, 0.15) is 6.66 Å². The molecule has 0 spiro atoms. The van der Waals surface area contributed by atoms with Gasteiger partial charge < -0.3 is 0 Å². The molecular formula is C9H22O3P+. The van der Waals surface area contributed by atoms with Crippen LogP contribution in [0.15, 0.2) is 0 Å². The summed E-state index contributed by atoms with van der Waals surface area (Å²) in [4.78, 5) is 9.68. The second-order valence-corrected chi connectivity index (χ2v) is 6.30. The number of hydrogen-bond donors (Lipinski definition) is 1. The van der Waals surface area contributed by atoms with Gasteiger partial charge in [0.25, 0.3) is 0 Å². The van der Waals surface area contributed by atoms with Crippen molar-refractivity contribution in [1.82, 2.24) is 0 Å². The van der Waals surface area contributed by atoms with E-state index < -0.39 is 7.94 Å². The Balaban J connectivity index is 3.66. The summed E-state index contributed by atoms with van der Waals surface area (Å²) in [6.45, 7) is 10.9. The molecule has 0 saturated carbocycles. The fourth-order valence-corrected chi connectivity index (χ4v) is 1.84. The van der Waals surface area contributed by atoms with Gasteiger partial charge in [-0.2, -0.15) is 13.9 Å². The van der Waals surface area contributed by atoms with E-state index in [1.165, 1.54) is 0 Å². The minimum Gasteiger partial charge on any atom is -0.193 e. The molecule has 0 bridgehead atoms. The second-order valence-electron chi connectivity index (χ2n) is 4.18. The van der Waals surface area contributed by atoms with Gasteiger partial charge in [-0.1, -0.05) is 27.7 Å². The van der Waals surface area contributed by atoms with Gasteiger partial charge in [0, 0.05) is 0 Å². The molecule has 0 amide bonds. The van der Waals surface area contributed by atoms with E-state index in [0.29, 0.717) is 25.0 Å².